The van der Waals surface area contributed by atoms with Crippen LogP contribution < -0.4 is 10.2 Å². The Morgan fingerprint density at radius 2 is 2.13 bits per heavy atom. The number of amides is 2. The van der Waals surface area contributed by atoms with Crippen LogP contribution in [0.3, 0.4) is 0 Å². The Morgan fingerprint density at radius 3 is 2.74 bits per heavy atom. The second-order valence-corrected chi connectivity index (χ2v) is 7.13. The molecule has 0 bridgehead atoms. The molecular formula is C17H22N2O4. The molecular weight excluding hydrogens is 296 g/mol. The summed E-state index contributed by atoms with van der Waals surface area (Å²) >= 11 is 0. The molecule has 124 valence electrons. The van der Waals surface area contributed by atoms with Gasteiger partial charge in [0, 0.05) is 18.5 Å². The van der Waals surface area contributed by atoms with Gasteiger partial charge in [-0.05, 0) is 46.4 Å². The number of nitrogens with one attached hydrogen (secondary N) is 1. The fourth-order valence-corrected chi connectivity index (χ4v) is 3.04. The molecule has 1 spiro atoms. The summed E-state index contributed by atoms with van der Waals surface area (Å²) in [5.74, 6) is 0. The fourth-order valence-electron chi connectivity index (χ4n) is 3.04. The van der Waals surface area contributed by atoms with E-state index in [0.29, 0.717) is 18.7 Å². The Balaban J connectivity index is 2.06. The van der Waals surface area contributed by atoms with Gasteiger partial charge in [-0.2, -0.15) is 4.90 Å². The Morgan fingerprint density at radius 1 is 1.39 bits per heavy atom. The molecule has 2 amide bonds. The van der Waals surface area contributed by atoms with Gasteiger partial charge in [-0.3, -0.25) is 0 Å². The minimum atomic E-state index is -0.714. The zero-order valence-electron chi connectivity index (χ0n) is 13.9. The summed E-state index contributed by atoms with van der Waals surface area (Å²) < 4.78 is 11.0. The predicted molar refractivity (Wildman–Crippen MR) is 85.5 cm³/mol. The molecule has 2 aliphatic rings. The predicted octanol–water partition coefficient (Wildman–Crippen LogP) is 3.08. The van der Waals surface area contributed by atoms with Crippen molar-refractivity contribution in [2.24, 2.45) is 0 Å². The lowest BCUT2D eigenvalue weighted by Crippen LogP contribution is -2.50. The topological polar surface area (TPSA) is 67.9 Å². The average Bonchev–Trinajstić information content (AvgIpc) is 2.87. The maximum Gasteiger partial charge on any atom is 0.424 e. The molecule has 1 aromatic rings. The molecule has 2 aliphatic heterocycles. The number of hydrogen-bond acceptors (Lipinski definition) is 5. The highest BCUT2D eigenvalue weighted by Gasteiger charge is 2.49. The zero-order chi connectivity index (χ0) is 16.8. The third-order valence-corrected chi connectivity index (χ3v) is 4.04. The van der Waals surface area contributed by atoms with Crippen molar-refractivity contribution in [3.8, 4) is 0 Å². The van der Waals surface area contributed by atoms with E-state index >= 15 is 0 Å². The molecule has 0 aromatic heterocycles. The minimum absolute atomic E-state index is 0.546. The van der Waals surface area contributed by atoms with E-state index in [-0.39, 0.29) is 0 Å². The number of hydrogen-bond donors (Lipinski definition) is 1. The minimum Gasteiger partial charge on any atom is -0.443 e. The SMILES string of the molecule is Cc1ccc2c(c1)C1(CCNC1)OC(=O)N2C(=O)OC(C)(C)C. The van der Waals surface area contributed by atoms with Crippen LogP contribution in [0.15, 0.2) is 18.2 Å². The largest absolute Gasteiger partial charge is 0.443 e. The van der Waals surface area contributed by atoms with Crippen LogP contribution in [0.25, 0.3) is 0 Å². The van der Waals surface area contributed by atoms with Crippen molar-refractivity contribution in [1.82, 2.24) is 5.32 Å². The monoisotopic (exact) mass is 318 g/mol. The lowest BCUT2D eigenvalue weighted by molar-refractivity contribution is 0.0156. The number of nitrogens with zero attached hydrogens (tertiary/aromatic N) is 1. The quantitative estimate of drug-likeness (QED) is 0.796. The van der Waals surface area contributed by atoms with Crippen LogP contribution in [0, 0.1) is 6.92 Å². The first kappa shape index (κ1) is 15.8. The van der Waals surface area contributed by atoms with E-state index in [1.807, 2.05) is 19.1 Å². The van der Waals surface area contributed by atoms with Gasteiger partial charge in [0.2, 0.25) is 0 Å². The summed E-state index contributed by atoms with van der Waals surface area (Å²) in [6.45, 7) is 8.59. The first-order chi connectivity index (χ1) is 10.7. The third kappa shape index (κ3) is 2.79. The van der Waals surface area contributed by atoms with Gasteiger partial charge in [0.1, 0.15) is 5.60 Å². The van der Waals surface area contributed by atoms with Crippen molar-refractivity contribution in [3.05, 3.63) is 29.3 Å². The van der Waals surface area contributed by atoms with Crippen LogP contribution in [0.5, 0.6) is 0 Å². The van der Waals surface area contributed by atoms with Crippen LogP contribution in [0.1, 0.15) is 38.3 Å². The molecule has 1 unspecified atom stereocenters. The second-order valence-electron chi connectivity index (χ2n) is 7.13. The number of rotatable bonds is 0. The highest BCUT2D eigenvalue weighted by Crippen LogP contribution is 2.43. The summed E-state index contributed by atoms with van der Waals surface area (Å²) in [6, 6.07) is 5.64. The molecule has 1 aromatic carbocycles. The summed E-state index contributed by atoms with van der Waals surface area (Å²) in [5, 5.41) is 3.23. The maximum absolute atomic E-state index is 12.5. The van der Waals surface area contributed by atoms with Crippen molar-refractivity contribution in [1.29, 1.82) is 0 Å². The number of ether oxygens (including phenoxy) is 2. The van der Waals surface area contributed by atoms with Crippen LogP contribution in [0.2, 0.25) is 0 Å². The molecule has 23 heavy (non-hydrogen) atoms. The number of imide groups is 1. The van der Waals surface area contributed by atoms with Crippen LogP contribution >= 0.6 is 0 Å². The van der Waals surface area contributed by atoms with Crippen LogP contribution in [0.4, 0.5) is 15.3 Å². The fraction of sp³-hybridized carbons (Fsp3) is 0.529. The van der Waals surface area contributed by atoms with E-state index in [0.717, 1.165) is 22.6 Å². The number of carbonyl (C=O) groups excluding carboxylic acids is 2. The van der Waals surface area contributed by atoms with Crippen LogP contribution in [-0.4, -0.2) is 30.9 Å². The molecule has 1 saturated heterocycles. The maximum atomic E-state index is 12.5. The smallest absolute Gasteiger partial charge is 0.424 e. The Bertz CT molecular complexity index is 657. The van der Waals surface area contributed by atoms with Gasteiger partial charge in [-0.15, -0.1) is 0 Å². The third-order valence-electron chi connectivity index (χ3n) is 4.04. The van der Waals surface area contributed by atoms with Crippen molar-refractivity contribution in [3.63, 3.8) is 0 Å². The van der Waals surface area contributed by atoms with E-state index in [1.165, 1.54) is 0 Å². The molecule has 2 heterocycles. The van der Waals surface area contributed by atoms with E-state index in [4.69, 9.17) is 9.47 Å². The number of anilines is 1. The normalized spacial score (nSPS) is 23.7. The second kappa shape index (κ2) is 5.23. The Labute approximate surface area is 135 Å². The van der Waals surface area contributed by atoms with Crippen molar-refractivity contribution in [2.45, 2.75) is 45.3 Å². The number of fused-ring (bicyclic) bond motifs is 2. The molecule has 3 rings (SSSR count). The molecule has 6 heteroatoms. The van der Waals surface area contributed by atoms with Crippen LogP contribution in [-0.2, 0) is 15.1 Å². The summed E-state index contributed by atoms with van der Waals surface area (Å²) in [6.07, 6.45) is -0.704. The molecule has 6 nitrogen and oxygen atoms in total. The summed E-state index contributed by atoms with van der Waals surface area (Å²) in [4.78, 5) is 26.0. The molecule has 1 fully saturated rings. The standard InChI is InChI=1S/C17H22N2O4/c1-11-5-6-13-12(9-11)17(7-8-18-10-17)23-15(21)19(13)14(20)22-16(2,3)4/h5-6,9,18H,7-8,10H2,1-4H3. The average molecular weight is 318 g/mol. The number of carbonyl (C=O) groups is 2. The van der Waals surface area contributed by atoms with Gasteiger partial charge in [0.05, 0.1) is 5.69 Å². The summed E-state index contributed by atoms with van der Waals surface area (Å²) in [5.41, 5.74) is 1.07. The summed E-state index contributed by atoms with van der Waals surface area (Å²) in [7, 11) is 0. The van der Waals surface area contributed by atoms with Crippen molar-refractivity contribution >= 4 is 17.9 Å². The van der Waals surface area contributed by atoms with Gasteiger partial charge >= 0.3 is 12.2 Å². The van der Waals surface area contributed by atoms with Gasteiger partial charge in [-0.25, -0.2) is 9.59 Å². The van der Waals surface area contributed by atoms with E-state index in [9.17, 15) is 9.59 Å². The first-order valence-corrected chi connectivity index (χ1v) is 7.80. The highest BCUT2D eigenvalue weighted by atomic mass is 16.6. The van der Waals surface area contributed by atoms with Gasteiger partial charge in [0.15, 0.2) is 5.60 Å². The first-order valence-electron chi connectivity index (χ1n) is 7.80. The van der Waals surface area contributed by atoms with E-state index in [2.05, 4.69) is 5.32 Å². The van der Waals surface area contributed by atoms with Crippen molar-refractivity contribution < 1.29 is 19.1 Å². The van der Waals surface area contributed by atoms with E-state index in [1.54, 1.807) is 26.8 Å². The lowest BCUT2D eigenvalue weighted by atomic mass is 9.88. The number of benzene rings is 1. The molecule has 1 N–H and O–H groups in total. The van der Waals surface area contributed by atoms with E-state index < -0.39 is 23.4 Å². The molecule has 0 saturated carbocycles. The van der Waals surface area contributed by atoms with Gasteiger partial charge in [-0.1, -0.05) is 11.6 Å². The Kier molecular flexibility index (Phi) is 3.59. The Hall–Kier alpha value is -2.08. The van der Waals surface area contributed by atoms with Gasteiger partial charge in [0.25, 0.3) is 0 Å². The lowest BCUT2D eigenvalue weighted by Gasteiger charge is -2.39. The highest BCUT2D eigenvalue weighted by molar-refractivity contribution is 6.11. The number of aryl methyl sites for hydroxylation is 1. The zero-order valence-corrected chi connectivity index (χ0v) is 13.9. The molecule has 0 aliphatic carbocycles. The molecule has 0 radical (unpaired) electrons. The van der Waals surface area contributed by atoms with Crippen molar-refractivity contribution in [2.75, 3.05) is 18.0 Å². The molecule has 1 atom stereocenters. The van der Waals surface area contributed by atoms with Gasteiger partial charge < -0.3 is 14.8 Å².